The van der Waals surface area contributed by atoms with E-state index >= 15 is 0 Å². The van der Waals surface area contributed by atoms with Crippen LogP contribution in [0.1, 0.15) is 155 Å². The smallest absolute Gasteiger partial charge is 0.306 e. The summed E-state index contributed by atoms with van der Waals surface area (Å²) in [6.45, 7) is 4.07. The highest BCUT2D eigenvalue weighted by Gasteiger charge is 2.16. The minimum Gasteiger partial charge on any atom is -0.462 e. The van der Waals surface area contributed by atoms with Gasteiger partial charge in [0, 0.05) is 12.8 Å². The molecule has 0 aliphatic rings. The summed E-state index contributed by atoms with van der Waals surface area (Å²) in [5.41, 5.74) is 0. The van der Waals surface area contributed by atoms with Gasteiger partial charge in [0.15, 0.2) is 6.10 Å². The fourth-order valence-corrected chi connectivity index (χ4v) is 4.14. The summed E-state index contributed by atoms with van der Waals surface area (Å²) in [7, 11) is 0. The topological polar surface area (TPSA) is 72.8 Å². The van der Waals surface area contributed by atoms with Crippen molar-refractivity contribution < 1.29 is 24.2 Å². The van der Waals surface area contributed by atoms with Gasteiger partial charge in [-0.3, -0.25) is 9.59 Å². The van der Waals surface area contributed by atoms with Gasteiger partial charge in [0.2, 0.25) is 0 Å². The predicted molar refractivity (Wildman–Crippen MR) is 141 cm³/mol. The first-order chi connectivity index (χ1) is 16.6. The van der Waals surface area contributed by atoms with E-state index in [9.17, 15) is 14.7 Å². The molecule has 0 spiro atoms. The molecule has 0 heterocycles. The number of aliphatic hydroxyl groups excluding tert-OH is 1. The molecule has 0 fully saturated rings. The Bertz CT molecular complexity index is 452. The van der Waals surface area contributed by atoms with Gasteiger partial charge in [0.25, 0.3) is 0 Å². The van der Waals surface area contributed by atoms with E-state index in [1.54, 1.807) is 0 Å². The van der Waals surface area contributed by atoms with Crippen LogP contribution in [0.2, 0.25) is 0 Å². The fourth-order valence-electron chi connectivity index (χ4n) is 4.14. The zero-order chi connectivity index (χ0) is 25.1. The van der Waals surface area contributed by atoms with E-state index in [0.717, 1.165) is 38.5 Å². The Labute approximate surface area is 210 Å². The number of esters is 2. The van der Waals surface area contributed by atoms with Crippen molar-refractivity contribution in [1.82, 2.24) is 0 Å². The van der Waals surface area contributed by atoms with E-state index in [2.05, 4.69) is 13.8 Å². The van der Waals surface area contributed by atoms with E-state index in [-0.39, 0.29) is 25.2 Å². The molecular weight excluding hydrogens is 428 g/mol. The molecule has 0 aliphatic heterocycles. The minimum atomic E-state index is -0.757. The van der Waals surface area contributed by atoms with Crippen molar-refractivity contribution in [3.05, 3.63) is 0 Å². The number of aliphatic hydroxyl groups is 1. The molecule has 0 saturated heterocycles. The molecule has 5 heteroatoms. The van der Waals surface area contributed by atoms with Crippen LogP contribution in [0.3, 0.4) is 0 Å². The number of ether oxygens (including phenoxy) is 2. The highest BCUT2D eigenvalue weighted by molar-refractivity contribution is 5.70. The summed E-state index contributed by atoms with van der Waals surface area (Å²) in [4.78, 5) is 23.9. The normalized spacial score (nSPS) is 12.0. The minimum absolute atomic E-state index is 0.0593. The van der Waals surface area contributed by atoms with Crippen LogP contribution in [0, 0.1) is 0 Å². The van der Waals surface area contributed by atoms with Crippen molar-refractivity contribution in [2.24, 2.45) is 0 Å². The van der Waals surface area contributed by atoms with Gasteiger partial charge >= 0.3 is 11.9 Å². The lowest BCUT2D eigenvalue weighted by molar-refractivity contribution is -0.161. The number of hydrogen-bond acceptors (Lipinski definition) is 5. The summed E-state index contributed by atoms with van der Waals surface area (Å²) in [5.74, 6) is -0.593. The molecule has 0 aromatic rings. The number of carbonyl (C=O) groups excluding carboxylic acids is 2. The molecule has 0 unspecified atom stereocenters. The molecule has 0 radical (unpaired) electrons. The standard InChI is InChI=1S/C29H56O5/c1-3-5-7-9-11-12-13-14-15-16-18-20-22-24-29(32)34-27(25-30)26-33-28(31)23-21-19-17-10-8-6-4-2/h27,30H,3-26H2,1-2H3/t27-/m0/s1. The summed E-state index contributed by atoms with van der Waals surface area (Å²) in [6, 6.07) is 0. The monoisotopic (exact) mass is 484 g/mol. The Balaban J connectivity index is 3.56. The molecule has 0 amide bonds. The molecule has 0 saturated carbocycles. The van der Waals surface area contributed by atoms with Crippen molar-refractivity contribution in [2.45, 2.75) is 161 Å². The second-order valence-electron chi connectivity index (χ2n) is 9.84. The molecule has 0 bridgehead atoms. The van der Waals surface area contributed by atoms with Gasteiger partial charge in [0.05, 0.1) is 6.61 Å². The average Bonchev–Trinajstić information content (AvgIpc) is 2.84. The molecule has 1 N–H and O–H groups in total. The Morgan fingerprint density at radius 3 is 1.29 bits per heavy atom. The van der Waals surface area contributed by atoms with Crippen molar-refractivity contribution in [3.63, 3.8) is 0 Å². The third-order valence-corrected chi connectivity index (χ3v) is 6.40. The molecule has 5 nitrogen and oxygen atoms in total. The van der Waals surface area contributed by atoms with Gasteiger partial charge in [-0.2, -0.15) is 0 Å². The third-order valence-electron chi connectivity index (χ3n) is 6.40. The SMILES string of the molecule is CCCCCCCCCCCCCCCC(=O)O[C@@H](CO)COC(=O)CCCCCCCCC. The zero-order valence-corrected chi connectivity index (χ0v) is 22.6. The predicted octanol–water partition coefficient (Wildman–Crippen LogP) is 8.06. The molecule has 1 atom stereocenters. The first kappa shape index (κ1) is 32.9. The van der Waals surface area contributed by atoms with Crippen LogP contribution in [0.4, 0.5) is 0 Å². The number of carbonyl (C=O) groups is 2. The first-order valence-corrected chi connectivity index (χ1v) is 14.6. The van der Waals surface area contributed by atoms with Gasteiger partial charge in [0.1, 0.15) is 6.61 Å². The molecule has 0 aliphatic carbocycles. The lowest BCUT2D eigenvalue weighted by atomic mass is 10.0. The molecular formula is C29H56O5. The number of rotatable bonds is 26. The summed E-state index contributed by atoms with van der Waals surface area (Å²) in [6.07, 6.45) is 24.5. The van der Waals surface area contributed by atoms with Crippen molar-refractivity contribution in [1.29, 1.82) is 0 Å². The Morgan fingerprint density at radius 2 is 0.912 bits per heavy atom. The molecule has 0 rings (SSSR count). The number of hydrogen-bond donors (Lipinski definition) is 1. The Kier molecular flexibility index (Phi) is 25.6. The molecule has 0 aromatic heterocycles. The van der Waals surface area contributed by atoms with E-state index in [0.29, 0.717) is 12.8 Å². The van der Waals surface area contributed by atoms with Crippen LogP contribution in [0.25, 0.3) is 0 Å². The zero-order valence-electron chi connectivity index (χ0n) is 22.6. The molecule has 34 heavy (non-hydrogen) atoms. The summed E-state index contributed by atoms with van der Waals surface area (Å²) < 4.78 is 10.5. The van der Waals surface area contributed by atoms with Gasteiger partial charge in [-0.25, -0.2) is 0 Å². The van der Waals surface area contributed by atoms with Crippen LogP contribution in [-0.4, -0.2) is 36.4 Å². The highest BCUT2D eigenvalue weighted by atomic mass is 16.6. The first-order valence-electron chi connectivity index (χ1n) is 14.6. The number of unbranched alkanes of at least 4 members (excludes halogenated alkanes) is 18. The maximum atomic E-state index is 12.0. The maximum Gasteiger partial charge on any atom is 0.306 e. The maximum absolute atomic E-state index is 12.0. The van der Waals surface area contributed by atoms with E-state index in [1.165, 1.54) is 89.9 Å². The van der Waals surface area contributed by atoms with Gasteiger partial charge in [-0.1, -0.05) is 129 Å². The highest BCUT2D eigenvalue weighted by Crippen LogP contribution is 2.13. The third kappa shape index (κ3) is 24.0. The molecule has 0 aromatic carbocycles. The van der Waals surface area contributed by atoms with Crippen LogP contribution >= 0.6 is 0 Å². The van der Waals surface area contributed by atoms with Crippen molar-refractivity contribution in [3.8, 4) is 0 Å². The van der Waals surface area contributed by atoms with Crippen molar-refractivity contribution in [2.75, 3.05) is 13.2 Å². The van der Waals surface area contributed by atoms with Gasteiger partial charge in [-0.05, 0) is 12.8 Å². The van der Waals surface area contributed by atoms with E-state index in [4.69, 9.17) is 9.47 Å². The Morgan fingerprint density at radius 1 is 0.559 bits per heavy atom. The van der Waals surface area contributed by atoms with Crippen LogP contribution in [0.15, 0.2) is 0 Å². The van der Waals surface area contributed by atoms with Crippen LogP contribution in [-0.2, 0) is 19.1 Å². The Hall–Kier alpha value is -1.10. The van der Waals surface area contributed by atoms with Crippen LogP contribution in [0.5, 0.6) is 0 Å². The van der Waals surface area contributed by atoms with E-state index in [1.807, 2.05) is 0 Å². The second kappa shape index (κ2) is 26.5. The molecule has 202 valence electrons. The van der Waals surface area contributed by atoms with E-state index < -0.39 is 6.10 Å². The second-order valence-corrected chi connectivity index (χ2v) is 9.84. The van der Waals surface area contributed by atoms with Gasteiger partial charge < -0.3 is 14.6 Å². The lowest BCUT2D eigenvalue weighted by Gasteiger charge is -2.15. The lowest BCUT2D eigenvalue weighted by Crippen LogP contribution is -2.28. The average molecular weight is 485 g/mol. The summed E-state index contributed by atoms with van der Waals surface area (Å²) >= 11 is 0. The largest absolute Gasteiger partial charge is 0.462 e. The summed E-state index contributed by atoms with van der Waals surface area (Å²) in [5, 5.41) is 9.42. The van der Waals surface area contributed by atoms with Crippen LogP contribution < -0.4 is 0 Å². The van der Waals surface area contributed by atoms with Crippen molar-refractivity contribution >= 4 is 11.9 Å². The van der Waals surface area contributed by atoms with Gasteiger partial charge in [-0.15, -0.1) is 0 Å². The fraction of sp³-hybridized carbons (Fsp3) is 0.931. The quantitative estimate of drug-likeness (QED) is 0.0992.